The SMILES string of the molecule is CC(=O)COC(C)C(=O)OCc1ccccc1. The van der Waals surface area contributed by atoms with E-state index in [1.54, 1.807) is 6.92 Å². The number of hydrogen-bond acceptors (Lipinski definition) is 4. The zero-order valence-electron chi connectivity index (χ0n) is 10.0. The molecule has 1 unspecified atom stereocenters. The molecule has 0 aliphatic carbocycles. The lowest BCUT2D eigenvalue weighted by Gasteiger charge is -2.11. The van der Waals surface area contributed by atoms with E-state index in [4.69, 9.17) is 9.47 Å². The number of carbonyl (C=O) groups excluding carboxylic acids is 2. The number of hydrogen-bond donors (Lipinski definition) is 0. The van der Waals surface area contributed by atoms with Gasteiger partial charge in [0.25, 0.3) is 0 Å². The van der Waals surface area contributed by atoms with E-state index in [2.05, 4.69) is 0 Å². The summed E-state index contributed by atoms with van der Waals surface area (Å²) in [5, 5.41) is 0. The van der Waals surface area contributed by atoms with Crippen LogP contribution in [0, 0.1) is 0 Å². The number of ketones is 1. The summed E-state index contributed by atoms with van der Waals surface area (Å²) in [6.45, 7) is 3.12. The number of ether oxygens (including phenoxy) is 2. The van der Waals surface area contributed by atoms with Gasteiger partial charge in [0, 0.05) is 0 Å². The van der Waals surface area contributed by atoms with Gasteiger partial charge in [-0.3, -0.25) is 4.79 Å². The summed E-state index contributed by atoms with van der Waals surface area (Å²) < 4.78 is 10.1. The van der Waals surface area contributed by atoms with E-state index in [0.29, 0.717) is 0 Å². The van der Waals surface area contributed by atoms with Crippen molar-refractivity contribution in [3.05, 3.63) is 35.9 Å². The standard InChI is InChI=1S/C13H16O4/c1-10(14)8-16-11(2)13(15)17-9-12-6-4-3-5-7-12/h3-7,11H,8-9H2,1-2H3. The first-order valence-electron chi connectivity index (χ1n) is 5.41. The molecule has 0 fully saturated rings. The lowest BCUT2D eigenvalue weighted by Crippen LogP contribution is -2.25. The van der Waals surface area contributed by atoms with Gasteiger partial charge in [0.05, 0.1) is 0 Å². The maximum absolute atomic E-state index is 11.5. The van der Waals surface area contributed by atoms with Gasteiger partial charge in [-0.05, 0) is 19.4 Å². The highest BCUT2D eigenvalue weighted by Gasteiger charge is 2.15. The normalized spacial score (nSPS) is 11.9. The summed E-state index contributed by atoms with van der Waals surface area (Å²) in [7, 11) is 0. The molecule has 0 radical (unpaired) electrons. The van der Waals surface area contributed by atoms with E-state index in [1.807, 2.05) is 30.3 Å². The van der Waals surface area contributed by atoms with Crippen molar-refractivity contribution in [3.8, 4) is 0 Å². The van der Waals surface area contributed by atoms with Crippen molar-refractivity contribution in [2.45, 2.75) is 26.6 Å². The molecule has 0 bridgehead atoms. The Labute approximate surface area is 101 Å². The summed E-state index contributed by atoms with van der Waals surface area (Å²) in [4.78, 5) is 22.1. The lowest BCUT2D eigenvalue weighted by molar-refractivity contribution is -0.158. The fourth-order valence-corrected chi connectivity index (χ4v) is 1.16. The molecule has 0 aromatic heterocycles. The van der Waals surface area contributed by atoms with Crippen molar-refractivity contribution < 1.29 is 19.1 Å². The number of esters is 1. The maximum Gasteiger partial charge on any atom is 0.335 e. The zero-order chi connectivity index (χ0) is 12.7. The van der Waals surface area contributed by atoms with Gasteiger partial charge in [-0.1, -0.05) is 30.3 Å². The third-order valence-electron chi connectivity index (χ3n) is 2.09. The van der Waals surface area contributed by atoms with Crippen molar-refractivity contribution in [1.82, 2.24) is 0 Å². The van der Waals surface area contributed by atoms with Crippen LogP contribution in [0.2, 0.25) is 0 Å². The second-order valence-electron chi connectivity index (χ2n) is 3.75. The van der Waals surface area contributed by atoms with E-state index in [1.165, 1.54) is 6.92 Å². The van der Waals surface area contributed by atoms with Gasteiger partial charge in [0.2, 0.25) is 0 Å². The maximum atomic E-state index is 11.5. The summed E-state index contributed by atoms with van der Waals surface area (Å²) in [6.07, 6.45) is -0.720. The van der Waals surface area contributed by atoms with Gasteiger partial charge in [0.1, 0.15) is 13.2 Å². The fraction of sp³-hybridized carbons (Fsp3) is 0.385. The number of rotatable bonds is 6. The molecule has 4 heteroatoms. The Morgan fingerprint density at radius 3 is 2.47 bits per heavy atom. The van der Waals surface area contributed by atoms with Crippen molar-refractivity contribution in [3.63, 3.8) is 0 Å². The largest absolute Gasteiger partial charge is 0.459 e. The first kappa shape index (κ1) is 13.4. The smallest absolute Gasteiger partial charge is 0.335 e. The first-order chi connectivity index (χ1) is 8.09. The number of carbonyl (C=O) groups is 2. The molecule has 0 saturated carbocycles. The molecule has 0 heterocycles. The van der Waals surface area contributed by atoms with Gasteiger partial charge >= 0.3 is 5.97 Å². The van der Waals surface area contributed by atoms with Crippen molar-refractivity contribution in [2.24, 2.45) is 0 Å². The highest BCUT2D eigenvalue weighted by molar-refractivity contribution is 5.78. The molecule has 92 valence electrons. The van der Waals surface area contributed by atoms with E-state index < -0.39 is 12.1 Å². The molecule has 0 aliphatic heterocycles. The minimum absolute atomic E-state index is 0.0679. The van der Waals surface area contributed by atoms with E-state index in [-0.39, 0.29) is 19.0 Å². The van der Waals surface area contributed by atoms with Crippen LogP contribution >= 0.6 is 0 Å². The van der Waals surface area contributed by atoms with Crippen molar-refractivity contribution in [2.75, 3.05) is 6.61 Å². The summed E-state index contributed by atoms with van der Waals surface area (Å²) in [5.74, 6) is -0.581. The first-order valence-corrected chi connectivity index (χ1v) is 5.41. The van der Waals surface area contributed by atoms with E-state index in [0.717, 1.165) is 5.56 Å². The second kappa shape index (κ2) is 6.81. The minimum Gasteiger partial charge on any atom is -0.459 e. The average Bonchev–Trinajstić information content (AvgIpc) is 2.34. The summed E-state index contributed by atoms with van der Waals surface area (Å²) in [5.41, 5.74) is 0.916. The Hall–Kier alpha value is -1.68. The van der Waals surface area contributed by atoms with Crippen LogP contribution in [0.5, 0.6) is 0 Å². The van der Waals surface area contributed by atoms with Crippen LogP contribution in [0.4, 0.5) is 0 Å². The molecule has 17 heavy (non-hydrogen) atoms. The van der Waals surface area contributed by atoms with Crippen LogP contribution in [0.3, 0.4) is 0 Å². The molecule has 1 aromatic carbocycles. The Balaban J connectivity index is 2.32. The third-order valence-corrected chi connectivity index (χ3v) is 2.09. The molecule has 0 amide bonds. The predicted molar refractivity (Wildman–Crippen MR) is 62.3 cm³/mol. The molecule has 0 N–H and O–H groups in total. The molecular weight excluding hydrogens is 220 g/mol. The van der Waals surface area contributed by atoms with Gasteiger partial charge in [0.15, 0.2) is 11.9 Å². The molecule has 1 aromatic rings. The lowest BCUT2D eigenvalue weighted by atomic mass is 10.2. The van der Waals surface area contributed by atoms with Gasteiger partial charge in [-0.25, -0.2) is 4.79 Å². The van der Waals surface area contributed by atoms with Crippen LogP contribution in [-0.4, -0.2) is 24.5 Å². The summed E-state index contributed by atoms with van der Waals surface area (Å²) >= 11 is 0. The predicted octanol–water partition coefficient (Wildman–Crippen LogP) is 1.72. The fourth-order valence-electron chi connectivity index (χ4n) is 1.16. The summed E-state index contributed by atoms with van der Waals surface area (Å²) in [6, 6.07) is 9.38. The Bertz CT molecular complexity index is 372. The average molecular weight is 236 g/mol. The van der Waals surface area contributed by atoms with Crippen LogP contribution in [0.15, 0.2) is 30.3 Å². The topological polar surface area (TPSA) is 52.6 Å². The van der Waals surface area contributed by atoms with Gasteiger partial charge in [-0.15, -0.1) is 0 Å². The Morgan fingerprint density at radius 2 is 1.88 bits per heavy atom. The quantitative estimate of drug-likeness (QED) is 0.706. The molecule has 4 nitrogen and oxygen atoms in total. The highest BCUT2D eigenvalue weighted by atomic mass is 16.6. The van der Waals surface area contributed by atoms with Crippen molar-refractivity contribution >= 4 is 11.8 Å². The van der Waals surface area contributed by atoms with Crippen molar-refractivity contribution in [1.29, 1.82) is 0 Å². The molecule has 0 spiro atoms. The van der Waals surface area contributed by atoms with Crippen LogP contribution in [-0.2, 0) is 25.7 Å². The minimum atomic E-state index is -0.720. The Morgan fingerprint density at radius 1 is 1.24 bits per heavy atom. The van der Waals surface area contributed by atoms with Crippen LogP contribution in [0.1, 0.15) is 19.4 Å². The second-order valence-corrected chi connectivity index (χ2v) is 3.75. The van der Waals surface area contributed by atoms with Gasteiger partial charge in [-0.2, -0.15) is 0 Å². The molecule has 1 rings (SSSR count). The molecule has 0 saturated heterocycles. The zero-order valence-corrected chi connectivity index (χ0v) is 10.0. The van der Waals surface area contributed by atoms with E-state index >= 15 is 0 Å². The van der Waals surface area contributed by atoms with E-state index in [9.17, 15) is 9.59 Å². The molecular formula is C13H16O4. The highest BCUT2D eigenvalue weighted by Crippen LogP contribution is 2.03. The number of benzene rings is 1. The number of Topliss-reactive ketones (excluding diaryl/α,β-unsaturated/α-hetero) is 1. The third kappa shape index (κ3) is 5.26. The van der Waals surface area contributed by atoms with Crippen LogP contribution < -0.4 is 0 Å². The Kier molecular flexibility index (Phi) is 5.36. The van der Waals surface area contributed by atoms with Crippen LogP contribution in [0.25, 0.3) is 0 Å². The monoisotopic (exact) mass is 236 g/mol. The molecule has 0 aliphatic rings. The molecule has 1 atom stereocenters. The van der Waals surface area contributed by atoms with Gasteiger partial charge < -0.3 is 9.47 Å².